The van der Waals surface area contributed by atoms with E-state index in [1.54, 1.807) is 0 Å². The summed E-state index contributed by atoms with van der Waals surface area (Å²) in [5.74, 6) is 0.914. The first-order valence-electron chi connectivity index (χ1n) is 8.42. The van der Waals surface area contributed by atoms with Crippen LogP contribution in [0.2, 0.25) is 0 Å². The lowest BCUT2D eigenvalue weighted by Gasteiger charge is -2.35. The van der Waals surface area contributed by atoms with Crippen molar-refractivity contribution in [3.8, 4) is 0 Å². The Labute approximate surface area is 128 Å². The van der Waals surface area contributed by atoms with Gasteiger partial charge in [-0.25, -0.2) is 0 Å². The molecule has 1 heterocycles. The van der Waals surface area contributed by atoms with Gasteiger partial charge in [0, 0.05) is 12.6 Å². The Morgan fingerprint density at radius 2 is 1.90 bits per heavy atom. The largest absolute Gasteiger partial charge is 0.394 e. The molecule has 1 aliphatic heterocycles. The second-order valence-electron chi connectivity index (χ2n) is 6.87. The summed E-state index contributed by atoms with van der Waals surface area (Å²) in [6.45, 7) is 2.23. The topological polar surface area (TPSA) is 49.5 Å². The molecule has 3 atom stereocenters. The minimum Gasteiger partial charge on any atom is -0.394 e. The standard InChI is InChI=1S/C18H28N2O/c19-18(14-21,16-7-2-1-3-8-16)11-13-20-12-10-15-6-4-5-9-17(15)20/h1-3,7-8,15,17,21H,4-6,9-14,19H2. The number of aliphatic hydroxyl groups is 1. The molecule has 0 spiro atoms. The molecule has 3 nitrogen and oxygen atoms in total. The fraction of sp³-hybridized carbons (Fsp3) is 0.667. The Balaban J connectivity index is 1.63. The van der Waals surface area contributed by atoms with Crippen LogP contribution in [0.5, 0.6) is 0 Å². The molecular formula is C18H28N2O. The van der Waals surface area contributed by atoms with Gasteiger partial charge >= 0.3 is 0 Å². The van der Waals surface area contributed by atoms with Gasteiger partial charge in [-0.2, -0.15) is 0 Å². The predicted molar refractivity (Wildman–Crippen MR) is 85.9 cm³/mol. The monoisotopic (exact) mass is 288 g/mol. The molecule has 0 bridgehead atoms. The molecule has 0 amide bonds. The Morgan fingerprint density at radius 3 is 2.67 bits per heavy atom. The van der Waals surface area contributed by atoms with E-state index in [2.05, 4.69) is 4.90 Å². The number of aliphatic hydroxyl groups excluding tert-OH is 1. The number of likely N-dealkylation sites (tertiary alicyclic amines) is 1. The molecule has 2 fully saturated rings. The second-order valence-corrected chi connectivity index (χ2v) is 6.87. The zero-order valence-corrected chi connectivity index (χ0v) is 12.9. The maximum atomic E-state index is 9.80. The molecule has 3 N–H and O–H groups in total. The highest BCUT2D eigenvalue weighted by Gasteiger charge is 2.36. The number of rotatable bonds is 5. The van der Waals surface area contributed by atoms with Crippen LogP contribution >= 0.6 is 0 Å². The summed E-state index contributed by atoms with van der Waals surface area (Å²) in [4.78, 5) is 2.63. The average Bonchev–Trinajstić information content (AvgIpc) is 2.97. The number of nitrogens with zero attached hydrogens (tertiary/aromatic N) is 1. The zero-order chi connectivity index (χ0) is 14.7. The van der Waals surface area contributed by atoms with Gasteiger partial charge in [0.15, 0.2) is 0 Å². The molecule has 3 rings (SSSR count). The molecule has 3 unspecified atom stereocenters. The van der Waals surface area contributed by atoms with Crippen LogP contribution in [0.15, 0.2) is 30.3 Å². The molecule has 1 saturated carbocycles. The summed E-state index contributed by atoms with van der Waals surface area (Å²) in [6.07, 6.45) is 7.74. The summed E-state index contributed by atoms with van der Waals surface area (Å²) in [5, 5.41) is 9.80. The van der Waals surface area contributed by atoms with Crippen molar-refractivity contribution in [2.45, 2.75) is 50.1 Å². The Hall–Kier alpha value is -0.900. The van der Waals surface area contributed by atoms with E-state index >= 15 is 0 Å². The van der Waals surface area contributed by atoms with Gasteiger partial charge < -0.3 is 15.7 Å². The van der Waals surface area contributed by atoms with Crippen LogP contribution in [0, 0.1) is 5.92 Å². The van der Waals surface area contributed by atoms with E-state index in [0.717, 1.165) is 30.5 Å². The summed E-state index contributed by atoms with van der Waals surface area (Å²) in [6, 6.07) is 10.8. The maximum absolute atomic E-state index is 9.80. The van der Waals surface area contributed by atoms with Gasteiger partial charge in [-0.1, -0.05) is 43.2 Å². The van der Waals surface area contributed by atoms with Crippen LogP contribution in [-0.4, -0.2) is 35.7 Å². The zero-order valence-electron chi connectivity index (χ0n) is 12.9. The molecule has 0 aromatic heterocycles. The summed E-state index contributed by atoms with van der Waals surface area (Å²) in [7, 11) is 0. The van der Waals surface area contributed by atoms with E-state index in [9.17, 15) is 5.11 Å². The number of benzene rings is 1. The summed E-state index contributed by atoms with van der Waals surface area (Å²) >= 11 is 0. The molecule has 116 valence electrons. The Morgan fingerprint density at radius 1 is 1.14 bits per heavy atom. The van der Waals surface area contributed by atoms with Gasteiger partial charge in [0.05, 0.1) is 12.1 Å². The highest BCUT2D eigenvalue weighted by atomic mass is 16.3. The minimum absolute atomic E-state index is 0.0128. The van der Waals surface area contributed by atoms with E-state index in [-0.39, 0.29) is 6.61 Å². The highest BCUT2D eigenvalue weighted by Crippen LogP contribution is 2.36. The molecule has 1 aromatic carbocycles. The van der Waals surface area contributed by atoms with Gasteiger partial charge in [0.25, 0.3) is 0 Å². The number of hydrogen-bond donors (Lipinski definition) is 2. The Bertz CT molecular complexity index is 450. The first kappa shape index (κ1) is 15.0. The van der Waals surface area contributed by atoms with Gasteiger partial charge in [0.2, 0.25) is 0 Å². The maximum Gasteiger partial charge on any atom is 0.0656 e. The minimum atomic E-state index is -0.603. The lowest BCUT2D eigenvalue weighted by molar-refractivity contribution is 0.139. The quantitative estimate of drug-likeness (QED) is 0.875. The fourth-order valence-corrected chi connectivity index (χ4v) is 4.21. The van der Waals surface area contributed by atoms with Gasteiger partial charge in [-0.05, 0) is 43.7 Å². The van der Waals surface area contributed by atoms with Gasteiger partial charge in [0.1, 0.15) is 0 Å². The smallest absolute Gasteiger partial charge is 0.0656 e. The van der Waals surface area contributed by atoms with Gasteiger partial charge in [-0.3, -0.25) is 0 Å². The average molecular weight is 288 g/mol. The van der Waals surface area contributed by atoms with Crippen molar-refractivity contribution in [1.29, 1.82) is 0 Å². The van der Waals surface area contributed by atoms with E-state index in [1.807, 2.05) is 30.3 Å². The number of nitrogens with two attached hydrogens (primary N) is 1. The normalized spacial score (nSPS) is 29.0. The Kier molecular flexibility index (Phi) is 4.63. The van der Waals surface area contributed by atoms with E-state index in [4.69, 9.17) is 5.73 Å². The summed E-state index contributed by atoms with van der Waals surface area (Å²) < 4.78 is 0. The first-order chi connectivity index (χ1) is 10.2. The highest BCUT2D eigenvalue weighted by molar-refractivity contribution is 5.24. The van der Waals surface area contributed by atoms with Crippen LogP contribution in [0.25, 0.3) is 0 Å². The SMILES string of the molecule is NC(CO)(CCN1CCC2CCCCC21)c1ccccc1. The molecule has 1 aromatic rings. The van der Waals surface area contributed by atoms with Crippen molar-refractivity contribution in [2.75, 3.05) is 19.7 Å². The first-order valence-corrected chi connectivity index (χ1v) is 8.42. The number of hydrogen-bond acceptors (Lipinski definition) is 3. The van der Waals surface area contributed by atoms with Crippen molar-refractivity contribution >= 4 is 0 Å². The molecular weight excluding hydrogens is 260 g/mol. The van der Waals surface area contributed by atoms with Crippen LogP contribution in [-0.2, 0) is 5.54 Å². The molecule has 0 radical (unpaired) electrons. The molecule has 3 heteroatoms. The van der Waals surface area contributed by atoms with Crippen molar-refractivity contribution in [1.82, 2.24) is 4.90 Å². The fourth-order valence-electron chi connectivity index (χ4n) is 4.21. The van der Waals surface area contributed by atoms with Gasteiger partial charge in [-0.15, -0.1) is 0 Å². The third-order valence-corrected chi connectivity index (χ3v) is 5.60. The second kappa shape index (κ2) is 6.47. The van der Waals surface area contributed by atoms with E-state index in [0.29, 0.717) is 0 Å². The molecule has 1 aliphatic carbocycles. The number of fused-ring (bicyclic) bond motifs is 1. The lowest BCUT2D eigenvalue weighted by atomic mass is 9.84. The van der Waals surface area contributed by atoms with Crippen LogP contribution in [0.1, 0.15) is 44.1 Å². The molecule has 2 aliphatic rings. The van der Waals surface area contributed by atoms with Crippen molar-refractivity contribution < 1.29 is 5.11 Å². The third-order valence-electron chi connectivity index (χ3n) is 5.60. The van der Waals surface area contributed by atoms with E-state index < -0.39 is 5.54 Å². The van der Waals surface area contributed by atoms with Crippen molar-refractivity contribution in [3.63, 3.8) is 0 Å². The van der Waals surface area contributed by atoms with Crippen molar-refractivity contribution in [2.24, 2.45) is 11.7 Å². The van der Waals surface area contributed by atoms with Crippen LogP contribution in [0.3, 0.4) is 0 Å². The van der Waals surface area contributed by atoms with Crippen LogP contribution < -0.4 is 5.73 Å². The third kappa shape index (κ3) is 3.15. The molecule has 1 saturated heterocycles. The summed E-state index contributed by atoms with van der Waals surface area (Å²) in [5.41, 5.74) is 6.93. The lowest BCUT2D eigenvalue weighted by Crippen LogP contribution is -2.45. The van der Waals surface area contributed by atoms with Crippen molar-refractivity contribution in [3.05, 3.63) is 35.9 Å². The molecule has 21 heavy (non-hydrogen) atoms. The van der Waals surface area contributed by atoms with Crippen LogP contribution in [0.4, 0.5) is 0 Å². The predicted octanol–water partition coefficient (Wildman–Crippen LogP) is 2.49. The van der Waals surface area contributed by atoms with E-state index in [1.165, 1.54) is 38.6 Å².